The first-order chi connectivity index (χ1) is 15.4. The maximum Gasteiger partial charge on any atom is 0.259 e. The standard InChI is InChI=1S/C24H41N5O3.HI/c1-6-25-24(27-17-21(14-19(2)3)29-10-12-31-13-11-29)26-16-20-8-7-9-22(15-20)32-18-23(30)28(4)5;/h7-9,15,19,21H,6,10-14,16-18H2,1-5H3,(H2,25,26,27);1H. The van der Waals surface area contributed by atoms with Crippen LogP contribution in [-0.4, -0.2) is 87.8 Å². The van der Waals surface area contributed by atoms with Gasteiger partial charge in [-0.15, -0.1) is 24.0 Å². The second-order valence-electron chi connectivity index (χ2n) is 8.73. The van der Waals surface area contributed by atoms with Crippen molar-refractivity contribution in [2.75, 3.05) is 60.1 Å². The van der Waals surface area contributed by atoms with Crippen molar-refractivity contribution in [3.8, 4) is 5.75 Å². The van der Waals surface area contributed by atoms with Crippen LogP contribution in [0.3, 0.4) is 0 Å². The van der Waals surface area contributed by atoms with Crippen LogP contribution in [-0.2, 0) is 16.1 Å². The SMILES string of the molecule is CCNC(=NCc1cccc(OCC(=O)N(C)C)c1)NCC(CC(C)C)N1CCOCC1.I. The minimum Gasteiger partial charge on any atom is -0.484 e. The van der Waals surface area contributed by atoms with Gasteiger partial charge >= 0.3 is 0 Å². The predicted molar refractivity (Wildman–Crippen MR) is 144 cm³/mol. The number of nitrogens with zero attached hydrogens (tertiary/aromatic N) is 3. The molecule has 1 aliphatic rings. The van der Waals surface area contributed by atoms with Crippen LogP contribution >= 0.6 is 24.0 Å². The highest BCUT2D eigenvalue weighted by Gasteiger charge is 2.22. The molecule has 1 amide bonds. The van der Waals surface area contributed by atoms with E-state index in [1.54, 1.807) is 14.1 Å². The Balaban J connectivity index is 0.00000544. The number of guanidine groups is 1. The summed E-state index contributed by atoms with van der Waals surface area (Å²) < 4.78 is 11.1. The fraction of sp³-hybridized carbons (Fsp3) is 0.667. The van der Waals surface area contributed by atoms with E-state index in [0.29, 0.717) is 24.3 Å². The van der Waals surface area contributed by atoms with Gasteiger partial charge in [-0.05, 0) is 37.0 Å². The van der Waals surface area contributed by atoms with Crippen LogP contribution in [0.5, 0.6) is 5.75 Å². The molecule has 2 rings (SSSR count). The number of morpholine rings is 1. The molecule has 0 aliphatic carbocycles. The van der Waals surface area contributed by atoms with Crippen molar-refractivity contribution < 1.29 is 14.3 Å². The molecular weight excluding hydrogens is 533 g/mol. The molecule has 1 aromatic rings. The molecule has 1 aromatic carbocycles. The summed E-state index contributed by atoms with van der Waals surface area (Å²) in [7, 11) is 3.44. The molecule has 0 aromatic heterocycles. The van der Waals surface area contributed by atoms with E-state index in [2.05, 4.69) is 36.3 Å². The molecule has 1 saturated heterocycles. The van der Waals surface area contributed by atoms with E-state index in [9.17, 15) is 4.79 Å². The Labute approximate surface area is 216 Å². The minimum atomic E-state index is -0.0664. The lowest BCUT2D eigenvalue weighted by Crippen LogP contribution is -2.51. The number of nitrogens with one attached hydrogen (secondary N) is 2. The van der Waals surface area contributed by atoms with Gasteiger partial charge in [0.25, 0.3) is 5.91 Å². The molecule has 1 aliphatic heterocycles. The van der Waals surface area contributed by atoms with Crippen LogP contribution < -0.4 is 15.4 Å². The zero-order chi connectivity index (χ0) is 23.3. The van der Waals surface area contributed by atoms with Gasteiger partial charge in [0.15, 0.2) is 12.6 Å². The molecule has 1 atom stereocenters. The van der Waals surface area contributed by atoms with Gasteiger partial charge in [0.2, 0.25) is 0 Å². The zero-order valence-electron chi connectivity index (χ0n) is 20.8. The predicted octanol–water partition coefficient (Wildman–Crippen LogP) is 2.57. The number of ether oxygens (including phenoxy) is 2. The molecule has 0 radical (unpaired) electrons. The van der Waals surface area contributed by atoms with Gasteiger partial charge < -0.3 is 25.0 Å². The van der Waals surface area contributed by atoms with Crippen LogP contribution in [0.1, 0.15) is 32.8 Å². The molecular formula is C24H42IN5O3. The van der Waals surface area contributed by atoms with E-state index in [-0.39, 0.29) is 36.5 Å². The van der Waals surface area contributed by atoms with Gasteiger partial charge in [0, 0.05) is 46.3 Å². The number of hydrogen-bond donors (Lipinski definition) is 2. The van der Waals surface area contributed by atoms with Gasteiger partial charge in [-0.3, -0.25) is 9.69 Å². The monoisotopic (exact) mass is 575 g/mol. The van der Waals surface area contributed by atoms with E-state index >= 15 is 0 Å². The Kier molecular flexibility index (Phi) is 14.4. The highest BCUT2D eigenvalue weighted by atomic mass is 127. The molecule has 1 heterocycles. The number of carbonyl (C=O) groups excluding carboxylic acids is 1. The zero-order valence-corrected chi connectivity index (χ0v) is 23.1. The molecule has 9 heteroatoms. The second kappa shape index (κ2) is 16.1. The summed E-state index contributed by atoms with van der Waals surface area (Å²) in [5.41, 5.74) is 1.03. The highest BCUT2D eigenvalue weighted by molar-refractivity contribution is 14.0. The first-order valence-corrected chi connectivity index (χ1v) is 11.6. The Morgan fingerprint density at radius 2 is 1.97 bits per heavy atom. The third-order valence-corrected chi connectivity index (χ3v) is 5.33. The molecule has 2 N–H and O–H groups in total. The van der Waals surface area contributed by atoms with Crippen LogP contribution in [0.15, 0.2) is 29.3 Å². The lowest BCUT2D eigenvalue weighted by molar-refractivity contribution is -0.130. The molecule has 1 unspecified atom stereocenters. The molecule has 188 valence electrons. The Bertz CT molecular complexity index is 724. The number of benzene rings is 1. The summed E-state index contributed by atoms with van der Waals surface area (Å²) in [6.45, 7) is 12.4. The Hall–Kier alpha value is -1.59. The van der Waals surface area contributed by atoms with E-state index in [1.165, 1.54) is 4.90 Å². The number of halogens is 1. The summed E-state index contributed by atoms with van der Waals surface area (Å²) in [5.74, 6) is 2.05. The van der Waals surface area contributed by atoms with Gasteiger partial charge in [-0.1, -0.05) is 26.0 Å². The fourth-order valence-electron chi connectivity index (χ4n) is 3.58. The first-order valence-electron chi connectivity index (χ1n) is 11.6. The number of hydrogen-bond acceptors (Lipinski definition) is 5. The molecule has 0 bridgehead atoms. The molecule has 0 spiro atoms. The van der Waals surface area contributed by atoms with Crippen molar-refractivity contribution in [3.05, 3.63) is 29.8 Å². The van der Waals surface area contributed by atoms with Crippen molar-refractivity contribution in [2.45, 2.75) is 39.8 Å². The average molecular weight is 576 g/mol. The Morgan fingerprint density at radius 1 is 1.24 bits per heavy atom. The normalized spacial score (nSPS) is 15.5. The third-order valence-electron chi connectivity index (χ3n) is 5.33. The number of rotatable bonds is 11. The smallest absolute Gasteiger partial charge is 0.259 e. The van der Waals surface area contributed by atoms with Crippen molar-refractivity contribution >= 4 is 35.8 Å². The van der Waals surface area contributed by atoms with Gasteiger partial charge in [0.1, 0.15) is 5.75 Å². The van der Waals surface area contributed by atoms with Crippen LogP contribution in [0.25, 0.3) is 0 Å². The van der Waals surface area contributed by atoms with E-state index in [1.807, 2.05) is 24.3 Å². The van der Waals surface area contributed by atoms with Gasteiger partial charge in [-0.25, -0.2) is 4.99 Å². The van der Waals surface area contributed by atoms with Crippen LogP contribution in [0.2, 0.25) is 0 Å². The van der Waals surface area contributed by atoms with E-state index in [0.717, 1.165) is 57.3 Å². The maximum atomic E-state index is 11.7. The molecule has 8 nitrogen and oxygen atoms in total. The maximum absolute atomic E-state index is 11.7. The lowest BCUT2D eigenvalue weighted by atomic mass is 10.0. The minimum absolute atomic E-state index is 0. The molecule has 33 heavy (non-hydrogen) atoms. The lowest BCUT2D eigenvalue weighted by Gasteiger charge is -2.35. The number of amides is 1. The summed E-state index contributed by atoms with van der Waals surface area (Å²) in [5, 5.41) is 6.88. The van der Waals surface area contributed by atoms with Crippen molar-refractivity contribution in [3.63, 3.8) is 0 Å². The topological polar surface area (TPSA) is 78.4 Å². The fourth-order valence-corrected chi connectivity index (χ4v) is 3.58. The van der Waals surface area contributed by atoms with Gasteiger partial charge in [0.05, 0.1) is 19.8 Å². The Morgan fingerprint density at radius 3 is 2.61 bits per heavy atom. The highest BCUT2D eigenvalue weighted by Crippen LogP contribution is 2.15. The number of aliphatic imine (C=N–C) groups is 1. The average Bonchev–Trinajstić information content (AvgIpc) is 2.78. The summed E-state index contributed by atoms with van der Waals surface area (Å²) in [6, 6.07) is 8.19. The summed E-state index contributed by atoms with van der Waals surface area (Å²) in [6.07, 6.45) is 1.14. The summed E-state index contributed by atoms with van der Waals surface area (Å²) in [4.78, 5) is 20.6. The summed E-state index contributed by atoms with van der Waals surface area (Å²) >= 11 is 0. The first kappa shape index (κ1) is 29.4. The van der Waals surface area contributed by atoms with Crippen molar-refractivity contribution in [2.24, 2.45) is 10.9 Å². The largest absolute Gasteiger partial charge is 0.484 e. The number of carbonyl (C=O) groups is 1. The van der Waals surface area contributed by atoms with Gasteiger partial charge in [-0.2, -0.15) is 0 Å². The quantitative estimate of drug-likeness (QED) is 0.240. The number of likely N-dealkylation sites (N-methyl/N-ethyl adjacent to an activating group) is 1. The van der Waals surface area contributed by atoms with Crippen molar-refractivity contribution in [1.29, 1.82) is 0 Å². The molecule has 0 saturated carbocycles. The third kappa shape index (κ3) is 11.4. The van der Waals surface area contributed by atoms with Crippen LogP contribution in [0.4, 0.5) is 0 Å². The van der Waals surface area contributed by atoms with Crippen molar-refractivity contribution in [1.82, 2.24) is 20.4 Å². The second-order valence-corrected chi connectivity index (χ2v) is 8.73. The van der Waals surface area contributed by atoms with E-state index in [4.69, 9.17) is 14.5 Å². The van der Waals surface area contributed by atoms with E-state index < -0.39 is 0 Å². The molecule has 1 fully saturated rings. The van der Waals surface area contributed by atoms with Crippen LogP contribution in [0, 0.1) is 5.92 Å².